The molecule has 0 bridgehead atoms. The molecule has 0 aromatic heterocycles. The zero-order valence-electron chi connectivity index (χ0n) is 31.5. The molecule has 7 unspecified atom stereocenters. The maximum atomic E-state index is 13.2. The van der Waals surface area contributed by atoms with Crippen LogP contribution in [0.5, 0.6) is 0 Å². The number of hydrogen-bond acceptors (Lipinski definition) is 14. The number of carbonyl (C=O) groups is 3. The molecule has 3 rings (SSSR count). The van der Waals surface area contributed by atoms with Crippen LogP contribution in [0.1, 0.15) is 67.2 Å². The molecule has 292 valence electrons. The first kappa shape index (κ1) is 43.3. The standard InChI is InChI=1S/C37H61NO13/c1-20-16-25(14-15-39)34(35(46-9)28(42)17-29(43)47-23(4)26(19-40)12-10-11-13-27(20)41)51-36-32(44)31(38(7)8)33(24(5)49-36)50-30-18-37(6,45)21(2)22(3)48-30/h10-13,15,20-26,28,30-36,40,42,44-45H,14,16-19H2,1-9H3/b12-10+,13-11+/t20-,21?,22?,23-,24?,25+,26-,28-,30+,31?,32?,33?,34+,35+,36+,37?/m1/s1. The third-order valence-electron chi connectivity index (χ3n) is 10.8. The van der Waals surface area contributed by atoms with Gasteiger partial charge >= 0.3 is 5.97 Å². The monoisotopic (exact) mass is 727 g/mol. The van der Waals surface area contributed by atoms with E-state index in [1.54, 1.807) is 64.9 Å². The summed E-state index contributed by atoms with van der Waals surface area (Å²) in [5, 5.41) is 44.1. The van der Waals surface area contributed by atoms with Crippen LogP contribution in [0, 0.1) is 23.7 Å². The highest BCUT2D eigenvalue weighted by atomic mass is 16.7. The zero-order chi connectivity index (χ0) is 38.2. The summed E-state index contributed by atoms with van der Waals surface area (Å²) >= 11 is 0. The first-order valence-electron chi connectivity index (χ1n) is 18.0. The highest BCUT2D eigenvalue weighted by Gasteiger charge is 2.51. The lowest BCUT2D eigenvalue weighted by molar-refractivity contribution is -0.340. The minimum Gasteiger partial charge on any atom is -0.462 e. The maximum Gasteiger partial charge on any atom is 0.308 e. The summed E-state index contributed by atoms with van der Waals surface area (Å²) in [5.41, 5.74) is -1.04. The number of ether oxygens (including phenoxy) is 6. The minimum atomic E-state index is -1.49. The molecule has 14 heteroatoms. The fraction of sp³-hybridized carbons (Fsp3) is 0.811. The van der Waals surface area contributed by atoms with Crippen LogP contribution >= 0.6 is 0 Å². The van der Waals surface area contributed by atoms with E-state index in [0.717, 1.165) is 0 Å². The van der Waals surface area contributed by atoms with Crippen LogP contribution < -0.4 is 0 Å². The van der Waals surface area contributed by atoms with Gasteiger partial charge in [0, 0.05) is 37.7 Å². The average molecular weight is 728 g/mol. The van der Waals surface area contributed by atoms with Crippen LogP contribution in [0.15, 0.2) is 24.3 Å². The highest BCUT2D eigenvalue weighted by Crippen LogP contribution is 2.38. The third-order valence-corrected chi connectivity index (χ3v) is 10.8. The van der Waals surface area contributed by atoms with E-state index in [2.05, 4.69) is 0 Å². The number of carbonyl (C=O) groups excluding carboxylic acids is 3. The molecule has 4 N–H and O–H groups in total. The van der Waals surface area contributed by atoms with Crippen molar-refractivity contribution in [1.29, 1.82) is 0 Å². The van der Waals surface area contributed by atoms with E-state index in [-0.39, 0.29) is 43.7 Å². The number of nitrogens with zero attached hydrogens (tertiary/aromatic N) is 1. The predicted molar refractivity (Wildman–Crippen MR) is 185 cm³/mol. The molecular formula is C37H61NO13. The number of esters is 1. The molecule has 3 aliphatic heterocycles. The molecule has 51 heavy (non-hydrogen) atoms. The topological polar surface area (TPSA) is 191 Å². The van der Waals surface area contributed by atoms with Gasteiger partial charge in [-0.1, -0.05) is 32.1 Å². The molecule has 3 aliphatic rings. The second kappa shape index (κ2) is 19.3. The largest absolute Gasteiger partial charge is 0.462 e. The Balaban J connectivity index is 1.96. The Morgan fingerprint density at radius 1 is 0.980 bits per heavy atom. The van der Waals surface area contributed by atoms with Crippen molar-refractivity contribution in [2.45, 2.75) is 140 Å². The lowest BCUT2D eigenvalue weighted by atomic mass is 9.82. The van der Waals surface area contributed by atoms with Crippen LogP contribution in [0.2, 0.25) is 0 Å². The number of cyclic esters (lactones) is 1. The molecule has 2 saturated heterocycles. The Hall–Kier alpha value is -2.11. The van der Waals surface area contributed by atoms with Crippen molar-refractivity contribution in [2.75, 3.05) is 27.8 Å². The van der Waals surface area contributed by atoms with E-state index in [9.17, 15) is 34.8 Å². The van der Waals surface area contributed by atoms with E-state index < -0.39 is 97.1 Å². The molecule has 16 atom stereocenters. The summed E-state index contributed by atoms with van der Waals surface area (Å²) in [7, 11) is 4.87. The van der Waals surface area contributed by atoms with Gasteiger partial charge in [-0.25, -0.2) is 0 Å². The Labute approximate surface area is 302 Å². The van der Waals surface area contributed by atoms with Gasteiger partial charge in [0.25, 0.3) is 0 Å². The van der Waals surface area contributed by atoms with Crippen molar-refractivity contribution in [3.8, 4) is 0 Å². The number of allylic oxidation sites excluding steroid dienone is 3. The van der Waals surface area contributed by atoms with Crippen molar-refractivity contribution < 1.29 is 63.2 Å². The van der Waals surface area contributed by atoms with Crippen molar-refractivity contribution in [1.82, 2.24) is 4.90 Å². The highest BCUT2D eigenvalue weighted by molar-refractivity contribution is 5.91. The first-order chi connectivity index (χ1) is 23.9. The van der Waals surface area contributed by atoms with E-state index in [1.807, 2.05) is 13.8 Å². The van der Waals surface area contributed by atoms with E-state index in [1.165, 1.54) is 13.2 Å². The van der Waals surface area contributed by atoms with Gasteiger partial charge in [0.1, 0.15) is 30.7 Å². The van der Waals surface area contributed by atoms with Crippen LogP contribution in [-0.4, -0.2) is 144 Å². The van der Waals surface area contributed by atoms with Crippen molar-refractivity contribution >= 4 is 18.0 Å². The SMILES string of the molecule is CO[C@@H]1[C@@H](O[C@@H]2OC(C)C(O[C@H]3CC(C)(O)C(C)C(C)O3)C(N(C)C)C2O)[C@@H](CC=O)C[C@@H](C)C(=O)/C=C/C=C/[C@H](CO)[C@@H](C)OC(=O)C[C@H]1O. The first-order valence-corrected chi connectivity index (χ1v) is 18.0. The van der Waals surface area contributed by atoms with Gasteiger partial charge in [-0.05, 0) is 60.2 Å². The molecule has 0 radical (unpaired) electrons. The van der Waals surface area contributed by atoms with Gasteiger partial charge in [0.2, 0.25) is 0 Å². The van der Waals surface area contributed by atoms with Crippen LogP contribution in [0.3, 0.4) is 0 Å². The molecule has 0 saturated carbocycles. The Bertz CT molecular complexity index is 1190. The summed E-state index contributed by atoms with van der Waals surface area (Å²) in [5.74, 6) is -2.96. The summed E-state index contributed by atoms with van der Waals surface area (Å²) in [6.07, 6.45) is -3.11. The molecule has 0 aliphatic carbocycles. The van der Waals surface area contributed by atoms with Crippen molar-refractivity contribution in [3.05, 3.63) is 24.3 Å². The number of aldehydes is 1. The maximum absolute atomic E-state index is 13.2. The fourth-order valence-electron chi connectivity index (χ4n) is 7.29. The zero-order valence-corrected chi connectivity index (χ0v) is 31.5. The molecule has 0 aromatic carbocycles. The molecule has 2 fully saturated rings. The Morgan fingerprint density at radius 2 is 1.67 bits per heavy atom. The Kier molecular flexibility index (Phi) is 16.4. The third kappa shape index (κ3) is 11.2. The molecule has 3 heterocycles. The van der Waals surface area contributed by atoms with Gasteiger partial charge in [0.05, 0.1) is 49.1 Å². The van der Waals surface area contributed by atoms with Gasteiger partial charge in [-0.15, -0.1) is 0 Å². The number of aliphatic hydroxyl groups is 4. The number of methoxy groups -OCH3 is 1. The second-order valence-corrected chi connectivity index (χ2v) is 14.9. The Morgan fingerprint density at radius 3 is 2.25 bits per heavy atom. The number of ketones is 1. The normalized spacial score (nSPS) is 44.9. The lowest BCUT2D eigenvalue weighted by Gasteiger charge is -2.50. The molecule has 14 nitrogen and oxygen atoms in total. The summed E-state index contributed by atoms with van der Waals surface area (Å²) in [6, 6.07) is -0.696. The van der Waals surface area contributed by atoms with Crippen LogP contribution in [0.4, 0.5) is 0 Å². The number of rotatable bonds is 9. The number of likely N-dealkylation sites (N-methyl/N-ethyl adjacent to an activating group) is 1. The minimum absolute atomic E-state index is 0.0884. The molecular weight excluding hydrogens is 666 g/mol. The van der Waals surface area contributed by atoms with Gasteiger partial charge in [-0.3, -0.25) is 9.59 Å². The summed E-state index contributed by atoms with van der Waals surface area (Å²) in [6.45, 7) is 10.3. The van der Waals surface area contributed by atoms with Gasteiger partial charge in [-0.2, -0.15) is 0 Å². The molecule has 0 amide bonds. The summed E-state index contributed by atoms with van der Waals surface area (Å²) < 4.78 is 36.6. The molecule has 0 spiro atoms. The van der Waals surface area contributed by atoms with Crippen molar-refractivity contribution in [3.63, 3.8) is 0 Å². The predicted octanol–water partition coefficient (Wildman–Crippen LogP) is 1.55. The van der Waals surface area contributed by atoms with Crippen molar-refractivity contribution in [2.24, 2.45) is 23.7 Å². The van der Waals surface area contributed by atoms with Crippen LogP contribution in [0.25, 0.3) is 0 Å². The molecule has 0 aromatic rings. The van der Waals surface area contributed by atoms with E-state index >= 15 is 0 Å². The number of aliphatic hydroxyl groups excluding tert-OH is 3. The van der Waals surface area contributed by atoms with Gasteiger partial charge < -0.3 is 58.5 Å². The second-order valence-electron chi connectivity index (χ2n) is 14.9. The van der Waals surface area contributed by atoms with E-state index in [4.69, 9.17) is 28.4 Å². The summed E-state index contributed by atoms with van der Waals surface area (Å²) in [4.78, 5) is 40.0. The lowest BCUT2D eigenvalue weighted by Crippen LogP contribution is -2.65. The van der Waals surface area contributed by atoms with E-state index in [0.29, 0.717) is 6.29 Å². The van der Waals surface area contributed by atoms with Crippen LogP contribution in [-0.2, 0) is 42.8 Å². The fourth-order valence-corrected chi connectivity index (χ4v) is 7.29. The smallest absolute Gasteiger partial charge is 0.308 e. The number of hydrogen-bond donors (Lipinski definition) is 4. The quantitative estimate of drug-likeness (QED) is 0.198. The average Bonchev–Trinajstić information content (AvgIpc) is 3.04. The van der Waals surface area contributed by atoms with Gasteiger partial charge in [0.15, 0.2) is 18.4 Å².